The molecule has 1 atom stereocenters. The first kappa shape index (κ1) is 16.4. The van der Waals surface area contributed by atoms with E-state index in [1.165, 1.54) is 0 Å². The molecule has 0 bridgehead atoms. The monoisotopic (exact) mass is 347 g/mol. The van der Waals surface area contributed by atoms with Crippen LogP contribution in [0.2, 0.25) is 0 Å². The predicted molar refractivity (Wildman–Crippen MR) is 97.7 cm³/mol. The average molecular weight is 347 g/mol. The van der Waals surface area contributed by atoms with Gasteiger partial charge < -0.3 is 9.47 Å². The third kappa shape index (κ3) is 3.49. The molecule has 3 aromatic heterocycles. The van der Waals surface area contributed by atoms with E-state index in [1.54, 1.807) is 24.7 Å². The van der Waals surface area contributed by atoms with Crippen molar-refractivity contribution in [1.29, 1.82) is 0 Å². The summed E-state index contributed by atoms with van der Waals surface area (Å²) in [5, 5.41) is 0. The van der Waals surface area contributed by atoms with Crippen molar-refractivity contribution in [3.05, 3.63) is 78.4 Å². The maximum absolute atomic E-state index is 12.7. The second-order valence-electron chi connectivity index (χ2n) is 6.61. The lowest BCUT2D eigenvalue weighted by Crippen LogP contribution is -2.39. The Bertz CT molecular complexity index is 862. The Balaban J connectivity index is 1.50. The summed E-state index contributed by atoms with van der Waals surface area (Å²) >= 11 is 0. The van der Waals surface area contributed by atoms with Crippen LogP contribution in [0.25, 0.3) is 0 Å². The van der Waals surface area contributed by atoms with E-state index in [9.17, 15) is 4.79 Å². The summed E-state index contributed by atoms with van der Waals surface area (Å²) in [7, 11) is 0. The van der Waals surface area contributed by atoms with Crippen molar-refractivity contribution in [3.63, 3.8) is 0 Å². The molecule has 0 saturated carbocycles. The van der Waals surface area contributed by atoms with Crippen molar-refractivity contribution in [2.24, 2.45) is 0 Å². The zero-order valence-electron chi connectivity index (χ0n) is 14.5. The number of carbonyl (C=O) groups is 1. The van der Waals surface area contributed by atoms with Crippen LogP contribution in [0.4, 0.5) is 0 Å². The van der Waals surface area contributed by atoms with Crippen molar-refractivity contribution >= 4 is 5.91 Å². The zero-order valence-corrected chi connectivity index (χ0v) is 14.5. The summed E-state index contributed by atoms with van der Waals surface area (Å²) in [6.07, 6.45) is 12.8. The molecule has 3 aromatic rings. The number of hydrogen-bond acceptors (Lipinski definition) is 4. The maximum atomic E-state index is 12.7. The molecule has 0 aliphatic carbocycles. The highest BCUT2D eigenvalue weighted by atomic mass is 16.2. The van der Waals surface area contributed by atoms with E-state index in [4.69, 9.17) is 0 Å². The molecular weight excluding hydrogens is 326 g/mol. The Labute approximate surface area is 152 Å². The molecule has 26 heavy (non-hydrogen) atoms. The van der Waals surface area contributed by atoms with Gasteiger partial charge in [-0.15, -0.1) is 0 Å². The van der Waals surface area contributed by atoms with E-state index < -0.39 is 0 Å². The lowest BCUT2D eigenvalue weighted by Gasteiger charge is -2.32. The molecule has 6 heteroatoms. The van der Waals surface area contributed by atoms with Gasteiger partial charge in [0.2, 0.25) is 0 Å². The molecular formula is C20H21N5O. The van der Waals surface area contributed by atoms with Gasteiger partial charge in [-0.25, -0.2) is 4.98 Å². The molecule has 1 amide bonds. The van der Waals surface area contributed by atoms with Crippen LogP contribution in [0, 0.1) is 0 Å². The number of imidazole rings is 1. The van der Waals surface area contributed by atoms with E-state index in [2.05, 4.69) is 25.6 Å². The van der Waals surface area contributed by atoms with Gasteiger partial charge in [-0.05, 0) is 36.6 Å². The van der Waals surface area contributed by atoms with Crippen LogP contribution in [0.1, 0.15) is 40.5 Å². The van der Waals surface area contributed by atoms with E-state index in [1.807, 2.05) is 35.6 Å². The van der Waals surface area contributed by atoms with E-state index in [0.717, 1.165) is 37.3 Å². The third-order valence-corrected chi connectivity index (χ3v) is 4.81. The number of nitrogens with zero attached hydrogens (tertiary/aromatic N) is 5. The fraction of sp³-hybridized carbons (Fsp3) is 0.300. The molecule has 1 saturated heterocycles. The van der Waals surface area contributed by atoms with E-state index in [-0.39, 0.29) is 11.8 Å². The highest BCUT2D eigenvalue weighted by molar-refractivity contribution is 5.93. The SMILES string of the molecule is O=C(c1cccnc1)N1CCC[C@@H](c2nccn2Cc2cccnc2)C1. The van der Waals surface area contributed by atoms with Crippen LogP contribution in [0.15, 0.2) is 61.4 Å². The second-order valence-corrected chi connectivity index (χ2v) is 6.61. The molecule has 0 radical (unpaired) electrons. The van der Waals surface area contributed by atoms with Gasteiger partial charge in [0.25, 0.3) is 5.91 Å². The first-order chi connectivity index (χ1) is 12.8. The molecule has 1 aliphatic heterocycles. The number of likely N-dealkylation sites (tertiary alicyclic amines) is 1. The maximum Gasteiger partial charge on any atom is 0.255 e. The van der Waals surface area contributed by atoms with Gasteiger partial charge in [-0.2, -0.15) is 0 Å². The first-order valence-electron chi connectivity index (χ1n) is 8.90. The van der Waals surface area contributed by atoms with Crippen LogP contribution in [-0.4, -0.2) is 43.4 Å². The first-order valence-corrected chi connectivity index (χ1v) is 8.90. The lowest BCUT2D eigenvalue weighted by molar-refractivity contribution is 0.0703. The minimum atomic E-state index is 0.0492. The Morgan fingerprint density at radius 3 is 2.73 bits per heavy atom. The predicted octanol–water partition coefficient (Wildman–Crippen LogP) is 2.74. The van der Waals surface area contributed by atoms with Crippen molar-refractivity contribution in [3.8, 4) is 0 Å². The molecule has 132 valence electrons. The molecule has 1 aliphatic rings. The van der Waals surface area contributed by atoms with E-state index >= 15 is 0 Å². The summed E-state index contributed by atoms with van der Waals surface area (Å²) in [4.78, 5) is 27.5. The normalized spacial score (nSPS) is 17.2. The quantitative estimate of drug-likeness (QED) is 0.728. The van der Waals surface area contributed by atoms with Gasteiger partial charge in [-0.3, -0.25) is 14.8 Å². The second kappa shape index (κ2) is 7.47. The standard InChI is InChI=1S/C20H21N5O/c26-20(17-5-2-8-22-13-17)25-10-3-6-18(15-25)19-23-9-11-24(19)14-16-4-1-7-21-12-16/h1-2,4-5,7-9,11-13,18H,3,6,10,14-15H2/t18-/m1/s1. The zero-order chi connectivity index (χ0) is 17.8. The van der Waals surface area contributed by atoms with Crippen LogP contribution >= 0.6 is 0 Å². The van der Waals surface area contributed by atoms with Gasteiger partial charge in [0.05, 0.1) is 12.1 Å². The summed E-state index contributed by atoms with van der Waals surface area (Å²) in [5.74, 6) is 1.33. The minimum absolute atomic E-state index is 0.0492. The third-order valence-electron chi connectivity index (χ3n) is 4.81. The van der Waals surface area contributed by atoms with Crippen molar-refractivity contribution in [1.82, 2.24) is 24.4 Å². The highest BCUT2D eigenvalue weighted by Gasteiger charge is 2.28. The van der Waals surface area contributed by atoms with Crippen LogP contribution in [-0.2, 0) is 6.54 Å². The molecule has 0 aromatic carbocycles. The number of carbonyl (C=O) groups excluding carboxylic acids is 1. The van der Waals surface area contributed by atoms with Crippen molar-refractivity contribution in [2.45, 2.75) is 25.3 Å². The smallest absolute Gasteiger partial charge is 0.255 e. The Morgan fingerprint density at radius 2 is 1.96 bits per heavy atom. The fourth-order valence-corrected chi connectivity index (χ4v) is 3.55. The number of hydrogen-bond donors (Lipinski definition) is 0. The van der Waals surface area contributed by atoms with Crippen molar-refractivity contribution < 1.29 is 4.79 Å². The minimum Gasteiger partial charge on any atom is -0.338 e. The number of rotatable bonds is 4. The van der Waals surface area contributed by atoms with Gasteiger partial charge in [0.1, 0.15) is 5.82 Å². The average Bonchev–Trinajstić information content (AvgIpc) is 3.17. The van der Waals surface area contributed by atoms with Gasteiger partial charge in [0.15, 0.2) is 0 Å². The topological polar surface area (TPSA) is 63.9 Å². The van der Waals surface area contributed by atoms with Gasteiger partial charge in [-0.1, -0.05) is 6.07 Å². The number of amides is 1. The molecule has 0 N–H and O–H groups in total. The Morgan fingerprint density at radius 1 is 1.12 bits per heavy atom. The number of pyridine rings is 2. The van der Waals surface area contributed by atoms with Crippen LogP contribution in [0.5, 0.6) is 0 Å². The molecule has 1 fully saturated rings. The van der Waals surface area contributed by atoms with Crippen molar-refractivity contribution in [2.75, 3.05) is 13.1 Å². The molecule has 0 spiro atoms. The fourth-order valence-electron chi connectivity index (χ4n) is 3.55. The van der Waals surface area contributed by atoms with Crippen LogP contribution in [0.3, 0.4) is 0 Å². The van der Waals surface area contributed by atoms with Gasteiger partial charge >= 0.3 is 0 Å². The summed E-state index contributed by atoms with van der Waals surface area (Å²) in [5.41, 5.74) is 1.79. The largest absolute Gasteiger partial charge is 0.338 e. The number of aromatic nitrogens is 4. The highest BCUT2D eigenvalue weighted by Crippen LogP contribution is 2.27. The van der Waals surface area contributed by atoms with Gasteiger partial charge in [0, 0.05) is 56.2 Å². The molecule has 0 unspecified atom stereocenters. The Kier molecular flexibility index (Phi) is 4.73. The molecule has 4 rings (SSSR count). The Hall–Kier alpha value is -3.02. The molecule has 6 nitrogen and oxygen atoms in total. The molecule has 4 heterocycles. The summed E-state index contributed by atoms with van der Waals surface area (Å²) < 4.78 is 2.17. The summed E-state index contributed by atoms with van der Waals surface area (Å²) in [6.45, 7) is 2.22. The lowest BCUT2D eigenvalue weighted by atomic mass is 9.96. The number of piperidine rings is 1. The van der Waals surface area contributed by atoms with Crippen LogP contribution < -0.4 is 0 Å². The summed E-state index contributed by atoms with van der Waals surface area (Å²) in [6, 6.07) is 7.63. The van der Waals surface area contributed by atoms with E-state index in [0.29, 0.717) is 12.1 Å².